The highest BCUT2D eigenvalue weighted by atomic mass is 32.2. The maximum Gasteiger partial charge on any atom is 0.226 e. The number of pyridine rings is 1. The Morgan fingerprint density at radius 3 is 2.71 bits per heavy atom. The van der Waals surface area contributed by atoms with Crippen molar-refractivity contribution in [1.29, 1.82) is 0 Å². The van der Waals surface area contributed by atoms with Crippen molar-refractivity contribution in [1.82, 2.24) is 0 Å². The molecular formula is C15H20NS+. The highest BCUT2D eigenvalue weighted by Crippen LogP contribution is 2.18. The van der Waals surface area contributed by atoms with Gasteiger partial charge in [0.05, 0.1) is 11.1 Å². The second kappa shape index (κ2) is 5.54. The summed E-state index contributed by atoms with van der Waals surface area (Å²) in [6.07, 6.45) is 2.54. The molecule has 0 N–H and O–H groups in total. The van der Waals surface area contributed by atoms with E-state index in [9.17, 15) is 0 Å². The highest BCUT2D eigenvalue weighted by molar-refractivity contribution is 7.92. The predicted molar refractivity (Wildman–Crippen MR) is 76.4 cm³/mol. The van der Waals surface area contributed by atoms with Gasteiger partial charge >= 0.3 is 0 Å². The summed E-state index contributed by atoms with van der Waals surface area (Å²) < 4.78 is 2.37. The average Bonchev–Trinajstić information content (AvgIpc) is 2.33. The molecule has 1 aromatic heterocycles. The number of aryl methyl sites for hydroxylation is 2. The summed E-state index contributed by atoms with van der Waals surface area (Å²) in [6, 6.07) is 10.9. The molecule has 0 bridgehead atoms. The lowest BCUT2D eigenvalue weighted by molar-refractivity contribution is -0.471. The molecule has 0 radical (unpaired) electrons. The third-order valence-electron chi connectivity index (χ3n) is 3.01. The maximum absolute atomic E-state index is 2.37. The van der Waals surface area contributed by atoms with Gasteiger partial charge in [-0.3, -0.25) is 0 Å². The van der Waals surface area contributed by atoms with Crippen LogP contribution in [0, 0.1) is 13.8 Å². The molecule has 0 aliphatic carbocycles. The Hall–Kier alpha value is -1.02. The highest BCUT2D eigenvalue weighted by Gasteiger charge is 2.15. The van der Waals surface area contributed by atoms with Gasteiger partial charge < -0.3 is 0 Å². The monoisotopic (exact) mass is 246 g/mol. The first-order valence-electron chi connectivity index (χ1n) is 6.28. The number of hydrogen-bond acceptors (Lipinski definition) is 1. The van der Waals surface area contributed by atoms with Crippen LogP contribution in [-0.4, -0.2) is 5.75 Å². The minimum Gasteiger partial charge on any atom is -0.124 e. The molecule has 0 saturated heterocycles. The summed E-state index contributed by atoms with van der Waals surface area (Å²) in [4.78, 5) is 0. The first-order chi connectivity index (χ1) is 8.24. The fraction of sp³-hybridized carbons (Fsp3) is 0.400. The lowest BCUT2D eigenvalue weighted by atomic mass is 10.1. The summed E-state index contributed by atoms with van der Waals surface area (Å²) in [5.74, 6) is 1.19. The molecule has 1 aromatic carbocycles. The SMILES string of the molecule is CCCCS[n+]1c(C)cc(C)c2ccccc21. The van der Waals surface area contributed by atoms with Crippen LogP contribution in [0.5, 0.6) is 0 Å². The molecule has 0 aliphatic rings. The zero-order chi connectivity index (χ0) is 12.3. The molecule has 2 heteroatoms. The summed E-state index contributed by atoms with van der Waals surface area (Å²) in [5.41, 5.74) is 4.04. The fourth-order valence-electron chi connectivity index (χ4n) is 2.10. The average molecular weight is 246 g/mol. The van der Waals surface area contributed by atoms with Crippen LogP contribution in [0.25, 0.3) is 10.9 Å². The van der Waals surface area contributed by atoms with Crippen molar-refractivity contribution in [3.63, 3.8) is 0 Å². The van der Waals surface area contributed by atoms with Crippen molar-refractivity contribution in [3.8, 4) is 0 Å². The van der Waals surface area contributed by atoms with Crippen molar-refractivity contribution in [3.05, 3.63) is 41.6 Å². The number of benzene rings is 1. The molecule has 0 spiro atoms. The van der Waals surface area contributed by atoms with E-state index in [0.29, 0.717) is 0 Å². The third-order valence-corrected chi connectivity index (χ3v) is 4.23. The van der Waals surface area contributed by atoms with Gasteiger partial charge in [-0.25, -0.2) is 0 Å². The van der Waals surface area contributed by atoms with E-state index in [1.807, 2.05) is 11.9 Å². The minimum absolute atomic E-state index is 1.19. The number of aromatic nitrogens is 1. The van der Waals surface area contributed by atoms with Crippen molar-refractivity contribution >= 4 is 22.9 Å². The molecule has 0 saturated carbocycles. The van der Waals surface area contributed by atoms with E-state index in [1.165, 1.54) is 40.8 Å². The Morgan fingerprint density at radius 2 is 1.94 bits per heavy atom. The van der Waals surface area contributed by atoms with E-state index in [-0.39, 0.29) is 0 Å². The molecule has 90 valence electrons. The molecule has 0 amide bonds. The summed E-state index contributed by atoms with van der Waals surface area (Å²) in [5, 5.41) is 1.36. The van der Waals surface area contributed by atoms with Crippen molar-refractivity contribution < 1.29 is 3.97 Å². The third kappa shape index (κ3) is 2.63. The Balaban J connectivity index is 2.46. The van der Waals surface area contributed by atoms with E-state index in [1.54, 1.807) is 0 Å². The lowest BCUT2D eigenvalue weighted by Crippen LogP contribution is -2.31. The zero-order valence-electron chi connectivity index (χ0n) is 10.9. The molecule has 0 unspecified atom stereocenters. The Labute approximate surface area is 108 Å². The van der Waals surface area contributed by atoms with Gasteiger partial charge in [0.2, 0.25) is 5.52 Å². The van der Waals surface area contributed by atoms with E-state index in [4.69, 9.17) is 0 Å². The number of fused-ring (bicyclic) bond motifs is 1. The molecule has 0 atom stereocenters. The molecule has 0 aliphatic heterocycles. The van der Waals surface area contributed by atoms with Crippen LogP contribution in [0.4, 0.5) is 0 Å². The van der Waals surface area contributed by atoms with E-state index in [2.05, 4.69) is 55.1 Å². The molecule has 0 fully saturated rings. The van der Waals surface area contributed by atoms with E-state index in [0.717, 1.165) is 0 Å². The van der Waals surface area contributed by atoms with E-state index < -0.39 is 0 Å². The standard InChI is InChI=1S/C15H20NS/c1-4-5-10-17-16-13(3)11-12(2)14-8-6-7-9-15(14)16/h6-9,11H,4-5,10H2,1-3H3/q+1. The summed E-state index contributed by atoms with van der Waals surface area (Å²) in [6.45, 7) is 6.63. The van der Waals surface area contributed by atoms with Gasteiger partial charge in [0.1, 0.15) is 0 Å². The van der Waals surface area contributed by atoms with Crippen LogP contribution in [0.2, 0.25) is 0 Å². The summed E-state index contributed by atoms with van der Waals surface area (Å²) >= 11 is 1.93. The van der Waals surface area contributed by atoms with Crippen LogP contribution in [0.3, 0.4) is 0 Å². The van der Waals surface area contributed by atoms with Gasteiger partial charge in [-0.2, -0.15) is 0 Å². The Morgan fingerprint density at radius 1 is 1.18 bits per heavy atom. The predicted octanol–water partition coefficient (Wildman–Crippen LogP) is 4.04. The van der Waals surface area contributed by atoms with Gasteiger partial charge in [0.25, 0.3) is 0 Å². The number of para-hydroxylation sites is 1. The molecule has 1 nitrogen and oxygen atoms in total. The normalized spacial score (nSPS) is 11.0. The smallest absolute Gasteiger partial charge is 0.124 e. The van der Waals surface area contributed by atoms with Crippen molar-refractivity contribution in [2.45, 2.75) is 33.6 Å². The summed E-state index contributed by atoms with van der Waals surface area (Å²) in [7, 11) is 0. The second-order valence-electron chi connectivity index (χ2n) is 4.47. The minimum atomic E-state index is 1.19. The van der Waals surface area contributed by atoms with E-state index >= 15 is 0 Å². The van der Waals surface area contributed by atoms with Gasteiger partial charge in [0, 0.05) is 19.1 Å². The molecule has 2 aromatic rings. The number of unbranched alkanes of at least 4 members (excludes halogenated alkanes) is 1. The molecule has 2 rings (SSSR count). The number of hydrogen-bond donors (Lipinski definition) is 0. The Bertz CT molecular complexity index is 520. The fourth-order valence-corrected chi connectivity index (χ4v) is 3.25. The molecule has 17 heavy (non-hydrogen) atoms. The molecular weight excluding hydrogens is 226 g/mol. The van der Waals surface area contributed by atoms with Gasteiger partial charge in [-0.1, -0.05) is 25.5 Å². The van der Waals surface area contributed by atoms with Crippen LogP contribution < -0.4 is 3.97 Å². The van der Waals surface area contributed by atoms with Crippen molar-refractivity contribution in [2.75, 3.05) is 5.75 Å². The van der Waals surface area contributed by atoms with Crippen LogP contribution in [-0.2, 0) is 0 Å². The first kappa shape index (κ1) is 12.4. The lowest BCUT2D eigenvalue weighted by Gasteiger charge is -2.04. The van der Waals surface area contributed by atoms with Crippen molar-refractivity contribution in [2.24, 2.45) is 0 Å². The van der Waals surface area contributed by atoms with Gasteiger partial charge in [0.15, 0.2) is 17.6 Å². The second-order valence-corrected chi connectivity index (χ2v) is 5.50. The first-order valence-corrected chi connectivity index (χ1v) is 7.22. The van der Waals surface area contributed by atoms with Crippen LogP contribution in [0.15, 0.2) is 30.3 Å². The van der Waals surface area contributed by atoms with Crippen LogP contribution >= 0.6 is 11.9 Å². The Kier molecular flexibility index (Phi) is 4.06. The topological polar surface area (TPSA) is 3.88 Å². The largest absolute Gasteiger partial charge is 0.226 e. The van der Waals surface area contributed by atoms with Gasteiger partial charge in [-0.05, 0) is 25.0 Å². The number of rotatable bonds is 4. The number of nitrogens with zero attached hydrogens (tertiary/aromatic N) is 1. The molecule has 1 heterocycles. The van der Waals surface area contributed by atoms with Crippen LogP contribution in [0.1, 0.15) is 31.0 Å². The quantitative estimate of drug-likeness (QED) is 0.581. The zero-order valence-corrected chi connectivity index (χ0v) is 11.7. The van der Waals surface area contributed by atoms with Gasteiger partial charge in [-0.15, -0.1) is 3.97 Å². The maximum atomic E-state index is 2.37.